The molecule has 0 bridgehead atoms. The summed E-state index contributed by atoms with van der Waals surface area (Å²) in [5.74, 6) is 0.0106. The van der Waals surface area contributed by atoms with Crippen LogP contribution in [0.1, 0.15) is 11.1 Å². The SMILES string of the molecule is COc1ccc(S(=O)(=O)N(C)c2cccc(/C(=C\C(=O)NO)c3ccccc3)c2)cc1OC. The molecule has 0 aromatic heterocycles. The molecule has 2 N–H and O–H groups in total. The molecule has 0 unspecified atom stereocenters. The summed E-state index contributed by atoms with van der Waals surface area (Å²) in [6, 6.07) is 20.2. The van der Waals surface area contributed by atoms with Crippen molar-refractivity contribution in [1.82, 2.24) is 5.48 Å². The van der Waals surface area contributed by atoms with Crippen molar-refractivity contribution in [2.45, 2.75) is 4.90 Å². The van der Waals surface area contributed by atoms with E-state index in [9.17, 15) is 13.2 Å². The number of rotatable bonds is 8. The van der Waals surface area contributed by atoms with Gasteiger partial charge in [-0.25, -0.2) is 13.9 Å². The Kier molecular flexibility index (Phi) is 7.37. The van der Waals surface area contributed by atoms with Crippen LogP contribution in [0.3, 0.4) is 0 Å². The fraction of sp³-hybridized carbons (Fsp3) is 0.125. The van der Waals surface area contributed by atoms with E-state index in [1.54, 1.807) is 29.7 Å². The van der Waals surface area contributed by atoms with Gasteiger partial charge in [0.2, 0.25) is 0 Å². The molecular formula is C24H24N2O6S. The van der Waals surface area contributed by atoms with Crippen molar-refractivity contribution in [1.29, 1.82) is 0 Å². The molecule has 0 atom stereocenters. The van der Waals surface area contributed by atoms with E-state index >= 15 is 0 Å². The van der Waals surface area contributed by atoms with Crippen molar-refractivity contribution in [3.8, 4) is 11.5 Å². The molecule has 0 aliphatic carbocycles. The lowest BCUT2D eigenvalue weighted by atomic mass is 9.97. The predicted molar refractivity (Wildman–Crippen MR) is 125 cm³/mol. The molecule has 0 fully saturated rings. The van der Waals surface area contributed by atoms with Gasteiger partial charge in [-0.05, 0) is 41.0 Å². The topological polar surface area (TPSA) is 105 Å². The highest BCUT2D eigenvalue weighted by molar-refractivity contribution is 7.92. The molecule has 33 heavy (non-hydrogen) atoms. The summed E-state index contributed by atoms with van der Waals surface area (Å²) in [5, 5.41) is 8.98. The van der Waals surface area contributed by atoms with Crippen molar-refractivity contribution in [3.05, 3.63) is 90.0 Å². The monoisotopic (exact) mass is 468 g/mol. The largest absolute Gasteiger partial charge is 0.493 e. The summed E-state index contributed by atoms with van der Waals surface area (Å²) >= 11 is 0. The first-order chi connectivity index (χ1) is 15.8. The van der Waals surface area contributed by atoms with Crippen LogP contribution >= 0.6 is 0 Å². The minimum absolute atomic E-state index is 0.0338. The average molecular weight is 469 g/mol. The molecule has 0 radical (unpaired) electrons. The normalized spacial score (nSPS) is 11.6. The zero-order valence-corrected chi connectivity index (χ0v) is 19.2. The summed E-state index contributed by atoms with van der Waals surface area (Å²) in [5.41, 5.74) is 3.81. The number of hydroxylamine groups is 1. The first-order valence-electron chi connectivity index (χ1n) is 9.84. The number of ether oxygens (including phenoxy) is 2. The van der Waals surface area contributed by atoms with E-state index in [2.05, 4.69) is 0 Å². The zero-order valence-electron chi connectivity index (χ0n) is 18.3. The highest BCUT2D eigenvalue weighted by Gasteiger charge is 2.23. The molecule has 0 aliphatic rings. The minimum atomic E-state index is -3.93. The van der Waals surface area contributed by atoms with Crippen LogP contribution in [0.4, 0.5) is 5.69 Å². The molecule has 8 nitrogen and oxygen atoms in total. The third kappa shape index (κ3) is 5.16. The third-order valence-electron chi connectivity index (χ3n) is 5.00. The van der Waals surface area contributed by atoms with Crippen LogP contribution in [0.15, 0.2) is 83.8 Å². The number of sulfonamides is 1. The van der Waals surface area contributed by atoms with Gasteiger partial charge in [0.1, 0.15) is 0 Å². The van der Waals surface area contributed by atoms with E-state index in [1.165, 1.54) is 45.5 Å². The second kappa shape index (κ2) is 10.2. The zero-order chi connectivity index (χ0) is 24.0. The lowest BCUT2D eigenvalue weighted by molar-refractivity contribution is -0.124. The molecule has 3 aromatic carbocycles. The van der Waals surface area contributed by atoms with Gasteiger partial charge < -0.3 is 9.47 Å². The summed E-state index contributed by atoms with van der Waals surface area (Å²) in [7, 11) is 0.419. The van der Waals surface area contributed by atoms with Crippen molar-refractivity contribution in [2.24, 2.45) is 0 Å². The van der Waals surface area contributed by atoms with Crippen molar-refractivity contribution >= 4 is 27.2 Å². The number of nitrogens with zero attached hydrogens (tertiary/aromatic N) is 1. The van der Waals surface area contributed by atoms with Crippen LogP contribution in [-0.4, -0.2) is 40.8 Å². The predicted octanol–water partition coefficient (Wildman–Crippen LogP) is 3.47. The highest BCUT2D eigenvalue weighted by Crippen LogP contribution is 2.33. The Bertz CT molecular complexity index is 1270. The number of carbonyl (C=O) groups is 1. The van der Waals surface area contributed by atoms with Crippen LogP contribution in [0.25, 0.3) is 5.57 Å². The Balaban J connectivity index is 2.05. The molecule has 0 heterocycles. The van der Waals surface area contributed by atoms with Gasteiger partial charge in [-0.2, -0.15) is 0 Å². The quantitative estimate of drug-likeness (QED) is 0.298. The van der Waals surface area contributed by atoms with Gasteiger partial charge >= 0.3 is 0 Å². The minimum Gasteiger partial charge on any atom is -0.493 e. The Hall–Kier alpha value is -3.82. The van der Waals surface area contributed by atoms with E-state index in [1.807, 2.05) is 30.3 Å². The molecule has 0 saturated heterocycles. The number of hydrogen-bond donors (Lipinski definition) is 2. The van der Waals surface area contributed by atoms with Gasteiger partial charge in [-0.3, -0.25) is 14.3 Å². The number of anilines is 1. The molecule has 3 aromatic rings. The maximum Gasteiger partial charge on any atom is 0.267 e. The van der Waals surface area contributed by atoms with E-state index in [0.29, 0.717) is 28.3 Å². The molecule has 172 valence electrons. The maximum absolute atomic E-state index is 13.3. The Labute approximate surface area is 192 Å². The number of amides is 1. The average Bonchev–Trinajstić information content (AvgIpc) is 2.86. The molecule has 0 spiro atoms. The smallest absolute Gasteiger partial charge is 0.267 e. The van der Waals surface area contributed by atoms with Crippen LogP contribution < -0.4 is 19.3 Å². The van der Waals surface area contributed by atoms with Gasteiger partial charge in [0.05, 0.1) is 24.8 Å². The standard InChI is InChI=1S/C24H24N2O6S/c1-26(33(29,30)20-12-13-22(31-2)23(15-20)32-3)19-11-7-10-18(14-19)21(16-24(27)25-28)17-8-5-4-6-9-17/h4-16,28H,1-3H3,(H,25,27)/b21-16-. The van der Waals surface area contributed by atoms with Gasteiger partial charge in [0, 0.05) is 19.2 Å². The summed E-state index contributed by atoms with van der Waals surface area (Å²) in [4.78, 5) is 11.9. The molecular weight excluding hydrogens is 444 g/mol. The third-order valence-corrected chi connectivity index (χ3v) is 6.79. The van der Waals surface area contributed by atoms with E-state index < -0.39 is 15.9 Å². The van der Waals surface area contributed by atoms with Crippen LogP contribution in [0.2, 0.25) is 0 Å². The van der Waals surface area contributed by atoms with Gasteiger partial charge in [0.15, 0.2) is 11.5 Å². The van der Waals surface area contributed by atoms with Crippen LogP contribution in [0, 0.1) is 0 Å². The van der Waals surface area contributed by atoms with E-state index in [4.69, 9.17) is 14.7 Å². The van der Waals surface area contributed by atoms with Crippen molar-refractivity contribution in [2.75, 3.05) is 25.6 Å². The highest BCUT2D eigenvalue weighted by atomic mass is 32.2. The molecule has 9 heteroatoms. The molecule has 1 amide bonds. The molecule has 0 aliphatic heterocycles. The second-order valence-electron chi connectivity index (χ2n) is 6.94. The van der Waals surface area contributed by atoms with Gasteiger partial charge in [-0.1, -0.05) is 42.5 Å². The Morgan fingerprint density at radius 1 is 0.909 bits per heavy atom. The lowest BCUT2D eigenvalue weighted by Crippen LogP contribution is -2.26. The van der Waals surface area contributed by atoms with Crippen molar-refractivity contribution in [3.63, 3.8) is 0 Å². The van der Waals surface area contributed by atoms with Crippen molar-refractivity contribution < 1.29 is 27.9 Å². The first kappa shape index (κ1) is 23.8. The van der Waals surface area contributed by atoms with Gasteiger partial charge in [0.25, 0.3) is 15.9 Å². The number of benzene rings is 3. The second-order valence-corrected chi connectivity index (χ2v) is 8.91. The number of hydrogen-bond acceptors (Lipinski definition) is 6. The number of methoxy groups -OCH3 is 2. The van der Waals surface area contributed by atoms with Crippen LogP contribution in [-0.2, 0) is 14.8 Å². The Morgan fingerprint density at radius 2 is 1.58 bits per heavy atom. The van der Waals surface area contributed by atoms with Crippen LogP contribution in [0.5, 0.6) is 11.5 Å². The molecule has 3 rings (SSSR count). The lowest BCUT2D eigenvalue weighted by Gasteiger charge is -2.21. The summed E-state index contributed by atoms with van der Waals surface area (Å²) in [6.45, 7) is 0. The number of nitrogens with one attached hydrogen (secondary N) is 1. The maximum atomic E-state index is 13.3. The number of carbonyl (C=O) groups excluding carboxylic acids is 1. The molecule has 0 saturated carbocycles. The first-order valence-corrected chi connectivity index (χ1v) is 11.3. The fourth-order valence-corrected chi connectivity index (χ4v) is 4.46. The van der Waals surface area contributed by atoms with E-state index in [0.717, 1.165) is 9.87 Å². The Morgan fingerprint density at radius 3 is 2.21 bits per heavy atom. The van der Waals surface area contributed by atoms with Gasteiger partial charge in [-0.15, -0.1) is 0 Å². The fourth-order valence-electron chi connectivity index (χ4n) is 3.26. The summed E-state index contributed by atoms with van der Waals surface area (Å²) in [6.07, 6.45) is 1.25. The summed E-state index contributed by atoms with van der Waals surface area (Å²) < 4.78 is 38.1. The van der Waals surface area contributed by atoms with E-state index in [-0.39, 0.29) is 4.90 Å².